The summed E-state index contributed by atoms with van der Waals surface area (Å²) in [6.45, 7) is -0.572. The number of nitrogens with one attached hydrogen (secondary N) is 1. The highest BCUT2D eigenvalue weighted by atomic mass is 35.5. The van der Waals surface area contributed by atoms with E-state index in [1.54, 1.807) is 54.6 Å². The third-order valence-corrected chi connectivity index (χ3v) is 5.15. The summed E-state index contributed by atoms with van der Waals surface area (Å²) in [5.41, 5.74) is 1.04. The standard InChI is InChI=1S/C26H17ClN2O6/c27-19-7-8-21(20(12-19)25(31)17-4-2-1-3-5-17)29-24(30)14-33-26(32)18(13-28)10-16-6-9-22-23(11-16)35-15-34-22/h1-12H,14-15H2,(H,29,30)/b18-10-. The van der Waals surface area contributed by atoms with Crippen molar-refractivity contribution in [1.29, 1.82) is 5.26 Å². The van der Waals surface area contributed by atoms with Gasteiger partial charge in [0.2, 0.25) is 6.79 Å². The highest BCUT2D eigenvalue weighted by Gasteiger charge is 2.19. The normalized spacial score (nSPS) is 11.9. The predicted molar refractivity (Wildman–Crippen MR) is 127 cm³/mol. The van der Waals surface area contributed by atoms with Gasteiger partial charge < -0.3 is 19.5 Å². The molecule has 1 N–H and O–H groups in total. The molecule has 3 aromatic rings. The van der Waals surface area contributed by atoms with Crippen LogP contribution in [0, 0.1) is 11.3 Å². The summed E-state index contributed by atoms with van der Waals surface area (Å²) >= 11 is 6.05. The molecule has 0 radical (unpaired) electrons. The fourth-order valence-electron chi connectivity index (χ4n) is 3.26. The summed E-state index contributed by atoms with van der Waals surface area (Å²) < 4.78 is 15.5. The molecule has 9 heteroatoms. The average molecular weight is 489 g/mol. The van der Waals surface area contributed by atoms with Gasteiger partial charge >= 0.3 is 5.97 Å². The van der Waals surface area contributed by atoms with Crippen molar-refractivity contribution in [3.8, 4) is 17.6 Å². The topological polar surface area (TPSA) is 115 Å². The molecular formula is C26H17ClN2O6. The number of carbonyl (C=O) groups is 3. The number of esters is 1. The van der Waals surface area contributed by atoms with E-state index < -0.39 is 18.5 Å². The predicted octanol–water partition coefficient (Wildman–Crippen LogP) is 4.39. The van der Waals surface area contributed by atoms with E-state index in [-0.39, 0.29) is 29.4 Å². The van der Waals surface area contributed by atoms with Gasteiger partial charge in [0.15, 0.2) is 23.9 Å². The van der Waals surface area contributed by atoms with Gasteiger partial charge in [-0.2, -0.15) is 5.26 Å². The van der Waals surface area contributed by atoms with Gasteiger partial charge in [-0.3, -0.25) is 9.59 Å². The van der Waals surface area contributed by atoms with Gasteiger partial charge in [0.05, 0.1) is 5.69 Å². The summed E-state index contributed by atoms with van der Waals surface area (Å²) in [5, 5.41) is 12.2. The van der Waals surface area contributed by atoms with Crippen LogP contribution in [0.5, 0.6) is 11.5 Å². The molecule has 8 nitrogen and oxygen atoms in total. The number of hydrogen-bond donors (Lipinski definition) is 1. The summed E-state index contributed by atoms with van der Waals surface area (Å²) in [6.07, 6.45) is 1.32. The first kappa shape index (κ1) is 23.5. The first-order valence-corrected chi connectivity index (χ1v) is 10.7. The summed E-state index contributed by atoms with van der Waals surface area (Å²) in [4.78, 5) is 37.7. The molecule has 4 rings (SSSR count). The Labute approximate surface area is 205 Å². The van der Waals surface area contributed by atoms with E-state index in [1.165, 1.54) is 24.3 Å². The van der Waals surface area contributed by atoms with Crippen LogP contribution < -0.4 is 14.8 Å². The highest BCUT2D eigenvalue weighted by molar-refractivity contribution is 6.31. The van der Waals surface area contributed by atoms with Crippen LogP contribution in [-0.2, 0) is 14.3 Å². The maximum atomic E-state index is 12.9. The number of halogens is 1. The molecule has 174 valence electrons. The Morgan fingerprint density at radius 2 is 1.80 bits per heavy atom. The molecule has 0 aromatic heterocycles. The lowest BCUT2D eigenvalue weighted by molar-refractivity contribution is -0.142. The summed E-state index contributed by atoms with van der Waals surface area (Å²) in [5.74, 6) is -0.946. The number of carbonyl (C=O) groups excluding carboxylic acids is 3. The van der Waals surface area contributed by atoms with Crippen LogP contribution >= 0.6 is 11.6 Å². The molecule has 0 bridgehead atoms. The van der Waals surface area contributed by atoms with Crippen LogP contribution in [0.25, 0.3) is 6.08 Å². The summed E-state index contributed by atoms with van der Waals surface area (Å²) in [7, 11) is 0. The third-order valence-electron chi connectivity index (χ3n) is 4.92. The largest absolute Gasteiger partial charge is 0.454 e. The maximum Gasteiger partial charge on any atom is 0.349 e. The molecule has 0 unspecified atom stereocenters. The van der Waals surface area contributed by atoms with Gasteiger partial charge in [0.25, 0.3) is 5.91 Å². The lowest BCUT2D eigenvalue weighted by atomic mass is 10.0. The number of hydrogen-bond acceptors (Lipinski definition) is 7. The van der Waals surface area contributed by atoms with Crippen LogP contribution in [0.4, 0.5) is 5.69 Å². The molecule has 1 aliphatic heterocycles. The number of amides is 1. The first-order valence-electron chi connectivity index (χ1n) is 10.3. The maximum absolute atomic E-state index is 12.9. The van der Waals surface area contributed by atoms with Gasteiger partial charge in [-0.1, -0.05) is 48.0 Å². The Morgan fingerprint density at radius 1 is 1.03 bits per heavy atom. The number of anilines is 1. The molecule has 1 aliphatic rings. The Bertz CT molecular complexity index is 1380. The zero-order chi connectivity index (χ0) is 24.8. The van der Waals surface area contributed by atoms with Crippen LogP contribution in [-0.4, -0.2) is 31.1 Å². The van der Waals surface area contributed by atoms with Crippen molar-refractivity contribution in [3.63, 3.8) is 0 Å². The lowest BCUT2D eigenvalue weighted by Gasteiger charge is -2.11. The number of fused-ring (bicyclic) bond motifs is 1. The molecule has 0 spiro atoms. The number of nitrogens with zero attached hydrogens (tertiary/aromatic N) is 1. The average Bonchev–Trinajstić information content (AvgIpc) is 3.35. The minimum absolute atomic E-state index is 0.0943. The molecule has 35 heavy (non-hydrogen) atoms. The molecule has 0 atom stereocenters. The minimum atomic E-state index is -0.975. The second kappa shape index (κ2) is 10.5. The smallest absolute Gasteiger partial charge is 0.349 e. The van der Waals surface area contributed by atoms with Crippen LogP contribution in [0.2, 0.25) is 5.02 Å². The number of ketones is 1. The van der Waals surface area contributed by atoms with Gasteiger partial charge in [-0.05, 0) is 42.0 Å². The van der Waals surface area contributed by atoms with E-state index in [1.807, 2.05) is 0 Å². The lowest BCUT2D eigenvalue weighted by Crippen LogP contribution is -2.22. The molecule has 1 heterocycles. The zero-order valence-corrected chi connectivity index (χ0v) is 18.9. The Balaban J connectivity index is 1.42. The SMILES string of the molecule is N#C/C(=C/c1ccc2c(c1)OCO2)C(=O)OCC(=O)Nc1ccc(Cl)cc1C(=O)c1ccccc1. The molecule has 3 aromatic carbocycles. The monoisotopic (exact) mass is 488 g/mol. The van der Waals surface area contributed by atoms with E-state index >= 15 is 0 Å². The summed E-state index contributed by atoms with van der Waals surface area (Å²) in [6, 6.07) is 19.6. The molecule has 0 fully saturated rings. The van der Waals surface area contributed by atoms with Crippen molar-refractivity contribution >= 4 is 41.0 Å². The van der Waals surface area contributed by atoms with E-state index in [4.69, 9.17) is 25.8 Å². The Hall–Kier alpha value is -4.61. The van der Waals surface area contributed by atoms with Crippen molar-refractivity contribution in [2.75, 3.05) is 18.7 Å². The first-order chi connectivity index (χ1) is 16.9. The van der Waals surface area contributed by atoms with Crippen LogP contribution in [0.15, 0.2) is 72.3 Å². The molecular weight excluding hydrogens is 472 g/mol. The quantitative estimate of drug-likeness (QED) is 0.227. The molecule has 0 saturated carbocycles. The Kier molecular flexibility index (Phi) is 7.10. The van der Waals surface area contributed by atoms with E-state index in [2.05, 4.69) is 5.32 Å². The van der Waals surface area contributed by atoms with Crippen molar-refractivity contribution in [2.24, 2.45) is 0 Å². The molecule has 0 aliphatic carbocycles. The van der Waals surface area contributed by atoms with E-state index in [9.17, 15) is 19.6 Å². The van der Waals surface area contributed by atoms with Gasteiger partial charge in [0, 0.05) is 16.1 Å². The van der Waals surface area contributed by atoms with Crippen LogP contribution in [0.3, 0.4) is 0 Å². The van der Waals surface area contributed by atoms with Crippen molar-refractivity contribution < 1.29 is 28.6 Å². The van der Waals surface area contributed by atoms with Gasteiger partial charge in [-0.25, -0.2) is 4.79 Å². The Morgan fingerprint density at radius 3 is 2.57 bits per heavy atom. The fraction of sp³-hybridized carbons (Fsp3) is 0.0769. The van der Waals surface area contributed by atoms with Gasteiger partial charge in [0.1, 0.15) is 11.6 Å². The second-order valence-electron chi connectivity index (χ2n) is 7.29. The van der Waals surface area contributed by atoms with Crippen LogP contribution in [0.1, 0.15) is 21.5 Å². The number of ether oxygens (including phenoxy) is 3. The van der Waals surface area contributed by atoms with Crippen molar-refractivity contribution in [2.45, 2.75) is 0 Å². The fourth-order valence-corrected chi connectivity index (χ4v) is 3.43. The third kappa shape index (κ3) is 5.66. The van der Waals surface area contributed by atoms with Crippen molar-refractivity contribution in [3.05, 3.63) is 94.0 Å². The highest BCUT2D eigenvalue weighted by Crippen LogP contribution is 2.33. The molecule has 0 saturated heterocycles. The molecule has 1 amide bonds. The van der Waals surface area contributed by atoms with Crippen molar-refractivity contribution in [1.82, 2.24) is 0 Å². The number of benzene rings is 3. The van der Waals surface area contributed by atoms with E-state index in [0.717, 1.165) is 0 Å². The zero-order valence-electron chi connectivity index (χ0n) is 18.1. The second-order valence-corrected chi connectivity index (χ2v) is 7.73. The minimum Gasteiger partial charge on any atom is -0.454 e. The number of rotatable bonds is 7. The van der Waals surface area contributed by atoms with Gasteiger partial charge in [-0.15, -0.1) is 0 Å². The number of nitriles is 1. The van der Waals surface area contributed by atoms with E-state index in [0.29, 0.717) is 27.6 Å².